The van der Waals surface area contributed by atoms with Crippen molar-refractivity contribution in [1.29, 1.82) is 0 Å². The van der Waals surface area contributed by atoms with Gasteiger partial charge in [0.15, 0.2) is 0 Å². The lowest BCUT2D eigenvalue weighted by Crippen LogP contribution is -2.39. The van der Waals surface area contributed by atoms with Gasteiger partial charge in [-0.05, 0) is 13.8 Å². The number of halogens is 5. The summed E-state index contributed by atoms with van der Waals surface area (Å²) in [4.78, 5) is 9.68. The Morgan fingerprint density at radius 2 is 1.82 bits per heavy atom. The van der Waals surface area contributed by atoms with E-state index in [9.17, 15) is 23.3 Å². The molecule has 0 aliphatic carbocycles. The Bertz CT molecular complexity index is 470. The Labute approximate surface area is 103 Å². The average molecular weight is 292 g/mol. The molecule has 0 bridgehead atoms. The maximum absolute atomic E-state index is 13.4. The van der Waals surface area contributed by atoms with Gasteiger partial charge in [0.05, 0.1) is 4.92 Å². The van der Waals surface area contributed by atoms with E-state index in [-0.39, 0.29) is 10.4 Å². The van der Waals surface area contributed by atoms with E-state index in [4.69, 9.17) is 23.2 Å². The Hall–Kier alpha value is -1.02. The molecule has 0 saturated heterocycles. The monoisotopic (exact) mass is 291 g/mol. The van der Waals surface area contributed by atoms with Gasteiger partial charge in [-0.25, -0.2) is 0 Å². The topological polar surface area (TPSA) is 61.0 Å². The smallest absolute Gasteiger partial charge is 0.258 e. The normalized spacial score (nSPS) is 12.9. The van der Waals surface area contributed by atoms with Crippen molar-refractivity contribution < 1.29 is 18.1 Å². The highest BCUT2D eigenvalue weighted by Crippen LogP contribution is 2.45. The summed E-state index contributed by atoms with van der Waals surface area (Å²) in [6, 6.07) is -4.42. The molecule has 0 saturated carbocycles. The van der Waals surface area contributed by atoms with E-state index in [0.717, 1.165) is 13.8 Å². The van der Waals surface area contributed by atoms with Gasteiger partial charge < -0.3 is 0 Å². The van der Waals surface area contributed by atoms with E-state index >= 15 is 0 Å². The van der Waals surface area contributed by atoms with Crippen molar-refractivity contribution in [1.82, 2.24) is 9.78 Å². The summed E-state index contributed by atoms with van der Waals surface area (Å²) >= 11 is 9.38. The standard InChI is InChI=1S/C7H6Cl2F3N3O2/c1-3-5(15(16)17)4(2)14(13-3)7(11,12)6(8,9)10/h1-2H3. The minimum absolute atomic E-state index is 0.194. The molecule has 10 heteroatoms. The minimum Gasteiger partial charge on any atom is -0.258 e. The summed E-state index contributed by atoms with van der Waals surface area (Å²) in [5, 5.41) is 13.8. The van der Waals surface area contributed by atoms with Crippen LogP contribution in [0.1, 0.15) is 11.4 Å². The Kier molecular flexibility index (Phi) is 3.32. The third kappa shape index (κ3) is 2.19. The Morgan fingerprint density at radius 1 is 1.35 bits per heavy atom. The molecule has 96 valence electrons. The molecule has 1 heterocycles. The molecule has 0 fully saturated rings. The molecule has 0 unspecified atom stereocenters. The average Bonchev–Trinajstić information content (AvgIpc) is 2.39. The first kappa shape index (κ1) is 14.0. The van der Waals surface area contributed by atoms with E-state index < -0.39 is 26.9 Å². The van der Waals surface area contributed by atoms with Crippen LogP contribution in [0.5, 0.6) is 0 Å². The molecule has 1 aromatic heterocycles. The predicted molar refractivity (Wildman–Crippen MR) is 54.1 cm³/mol. The first-order chi connectivity index (χ1) is 7.50. The third-order valence-corrected chi connectivity index (χ3v) is 2.50. The summed E-state index contributed by atoms with van der Waals surface area (Å²) in [5.41, 5.74) is -1.46. The second-order valence-corrected chi connectivity index (χ2v) is 4.46. The lowest BCUT2D eigenvalue weighted by atomic mass is 10.3. The zero-order chi connectivity index (χ0) is 13.6. The molecule has 1 aromatic rings. The summed E-state index contributed by atoms with van der Waals surface area (Å²) < 4.78 is 35.6. The van der Waals surface area contributed by atoms with E-state index in [1.54, 1.807) is 0 Å². The largest absolute Gasteiger partial charge is 0.406 e. The van der Waals surface area contributed by atoms with Crippen LogP contribution >= 0.6 is 23.2 Å². The van der Waals surface area contributed by atoms with E-state index in [1.165, 1.54) is 0 Å². The molecule has 17 heavy (non-hydrogen) atoms. The molecule has 0 radical (unpaired) electrons. The predicted octanol–water partition coefficient (Wildman–Crippen LogP) is 3.06. The number of nitrogens with zero attached hydrogens (tertiary/aromatic N) is 3. The second kappa shape index (κ2) is 4.02. The van der Waals surface area contributed by atoms with Crippen LogP contribution in [0.15, 0.2) is 0 Å². The number of aryl methyl sites for hydroxylation is 1. The van der Waals surface area contributed by atoms with Gasteiger partial charge in [0.1, 0.15) is 11.4 Å². The number of rotatable bonds is 3. The Morgan fingerprint density at radius 3 is 2.12 bits per heavy atom. The number of hydrogen-bond donors (Lipinski definition) is 0. The van der Waals surface area contributed by atoms with Gasteiger partial charge in [-0.2, -0.15) is 23.0 Å². The van der Waals surface area contributed by atoms with E-state index in [1.807, 2.05) is 0 Å². The molecular weight excluding hydrogens is 286 g/mol. The van der Waals surface area contributed by atoms with Crippen LogP contribution in [-0.2, 0) is 6.05 Å². The summed E-state index contributed by atoms with van der Waals surface area (Å²) in [6.07, 6.45) is 0. The summed E-state index contributed by atoms with van der Waals surface area (Å²) in [5.74, 6) is 0. The maximum Gasteiger partial charge on any atom is 0.406 e. The molecule has 1 rings (SSSR count). The highest BCUT2D eigenvalue weighted by atomic mass is 35.5. The number of aromatic nitrogens is 2. The molecule has 0 aromatic carbocycles. The first-order valence-electron chi connectivity index (χ1n) is 4.15. The van der Waals surface area contributed by atoms with Gasteiger partial charge in [0, 0.05) is 0 Å². The van der Waals surface area contributed by atoms with Crippen molar-refractivity contribution in [3.8, 4) is 0 Å². The van der Waals surface area contributed by atoms with E-state index in [2.05, 4.69) is 5.10 Å². The van der Waals surface area contributed by atoms with Crippen LogP contribution in [0.3, 0.4) is 0 Å². The van der Waals surface area contributed by atoms with Crippen LogP contribution in [0, 0.1) is 24.0 Å². The fraction of sp³-hybridized carbons (Fsp3) is 0.571. The minimum atomic E-state index is -4.42. The molecule has 0 spiro atoms. The SMILES string of the molecule is Cc1nn(C(F)(F)C(F)(Cl)Cl)c(C)c1[N+](=O)[O-]. The zero-order valence-electron chi connectivity index (χ0n) is 8.55. The highest BCUT2D eigenvalue weighted by molar-refractivity contribution is 6.47. The van der Waals surface area contributed by atoms with Gasteiger partial charge in [0.25, 0.3) is 0 Å². The van der Waals surface area contributed by atoms with Gasteiger partial charge >= 0.3 is 16.3 Å². The van der Waals surface area contributed by atoms with Crippen LogP contribution in [-0.4, -0.2) is 19.3 Å². The zero-order valence-corrected chi connectivity index (χ0v) is 10.1. The van der Waals surface area contributed by atoms with Crippen molar-refractivity contribution in [3.63, 3.8) is 0 Å². The van der Waals surface area contributed by atoms with Gasteiger partial charge in [-0.15, -0.1) is 0 Å². The molecule has 0 aliphatic rings. The summed E-state index contributed by atoms with van der Waals surface area (Å²) in [6.45, 7) is 2.13. The molecule has 0 atom stereocenters. The maximum atomic E-state index is 13.4. The molecule has 0 N–H and O–H groups in total. The lowest BCUT2D eigenvalue weighted by Gasteiger charge is -2.23. The molecule has 5 nitrogen and oxygen atoms in total. The molecule has 0 aliphatic heterocycles. The van der Waals surface area contributed by atoms with Crippen molar-refractivity contribution >= 4 is 28.9 Å². The van der Waals surface area contributed by atoms with Crippen molar-refractivity contribution in [3.05, 3.63) is 21.5 Å². The third-order valence-electron chi connectivity index (χ3n) is 2.04. The number of nitro groups is 1. The van der Waals surface area contributed by atoms with Crippen molar-refractivity contribution in [2.24, 2.45) is 0 Å². The van der Waals surface area contributed by atoms with Crippen LogP contribution in [0.4, 0.5) is 18.9 Å². The first-order valence-corrected chi connectivity index (χ1v) is 4.91. The van der Waals surface area contributed by atoms with Gasteiger partial charge in [0.2, 0.25) is 0 Å². The van der Waals surface area contributed by atoms with E-state index in [0.29, 0.717) is 0 Å². The lowest BCUT2D eigenvalue weighted by molar-refractivity contribution is -0.386. The highest BCUT2D eigenvalue weighted by Gasteiger charge is 2.57. The molecule has 0 amide bonds. The fourth-order valence-electron chi connectivity index (χ4n) is 1.29. The number of hydrogen-bond acceptors (Lipinski definition) is 3. The van der Waals surface area contributed by atoms with Gasteiger partial charge in [-0.3, -0.25) is 10.1 Å². The fourth-order valence-corrected chi connectivity index (χ4v) is 1.45. The van der Waals surface area contributed by atoms with Crippen molar-refractivity contribution in [2.75, 3.05) is 0 Å². The second-order valence-electron chi connectivity index (χ2n) is 3.23. The van der Waals surface area contributed by atoms with Crippen molar-refractivity contribution in [2.45, 2.75) is 24.5 Å². The summed E-state index contributed by atoms with van der Waals surface area (Å²) in [7, 11) is 0. The van der Waals surface area contributed by atoms with Crippen LogP contribution in [0.25, 0.3) is 0 Å². The van der Waals surface area contributed by atoms with Crippen LogP contribution < -0.4 is 0 Å². The quantitative estimate of drug-likeness (QED) is 0.488. The van der Waals surface area contributed by atoms with Crippen LogP contribution in [0.2, 0.25) is 0 Å². The van der Waals surface area contributed by atoms with Gasteiger partial charge in [-0.1, -0.05) is 23.2 Å². The molecular formula is C7H6Cl2F3N3O2. The Balaban J connectivity index is 3.45. The number of alkyl halides is 5.